The van der Waals surface area contributed by atoms with E-state index in [1.807, 2.05) is 38.1 Å². The number of fused-ring (bicyclic) bond motifs is 1. The molecule has 3 rings (SSSR count). The minimum absolute atomic E-state index is 0.0132. The number of carbonyl (C=O) groups excluding carboxylic acids is 1. The summed E-state index contributed by atoms with van der Waals surface area (Å²) in [6.45, 7) is 5.40. The summed E-state index contributed by atoms with van der Waals surface area (Å²) in [5.41, 5.74) is 10.3. The summed E-state index contributed by atoms with van der Waals surface area (Å²) in [4.78, 5) is 14.7. The maximum Gasteiger partial charge on any atom is 0.276 e. The van der Waals surface area contributed by atoms with E-state index in [2.05, 4.69) is 5.10 Å². The first-order chi connectivity index (χ1) is 10.2. The molecule has 0 spiro atoms. The molecule has 0 radical (unpaired) electrons. The van der Waals surface area contributed by atoms with Gasteiger partial charge < -0.3 is 10.6 Å². The van der Waals surface area contributed by atoms with Crippen LogP contribution >= 0.6 is 0 Å². The molecule has 0 atom stereocenters. The Kier molecular flexibility index (Phi) is 3.41. The zero-order valence-electron chi connectivity index (χ0n) is 12.5. The van der Waals surface area contributed by atoms with Crippen LogP contribution in [0, 0.1) is 0 Å². The van der Waals surface area contributed by atoms with Gasteiger partial charge in [-0.25, -0.2) is 0 Å². The highest BCUT2D eigenvalue weighted by Crippen LogP contribution is 2.34. The molecule has 0 saturated heterocycles. The SMILES string of the molecule is CCc1cc(C(=O)N2CCc3cccc(N)c32)n(CC)n1. The minimum atomic E-state index is -0.0132. The fourth-order valence-corrected chi connectivity index (χ4v) is 2.88. The fourth-order valence-electron chi connectivity index (χ4n) is 2.88. The summed E-state index contributed by atoms with van der Waals surface area (Å²) in [6, 6.07) is 7.71. The molecule has 0 unspecified atom stereocenters. The molecule has 2 N–H and O–H groups in total. The lowest BCUT2D eigenvalue weighted by Gasteiger charge is -2.19. The van der Waals surface area contributed by atoms with E-state index in [1.165, 1.54) is 0 Å². The van der Waals surface area contributed by atoms with Crippen molar-refractivity contribution in [3.05, 3.63) is 41.2 Å². The van der Waals surface area contributed by atoms with Crippen LogP contribution in [0.1, 0.15) is 35.6 Å². The lowest BCUT2D eigenvalue weighted by Crippen LogP contribution is -2.31. The van der Waals surface area contributed by atoms with E-state index in [0.717, 1.165) is 29.8 Å². The van der Waals surface area contributed by atoms with Crippen LogP contribution in [0.3, 0.4) is 0 Å². The zero-order chi connectivity index (χ0) is 15.0. The molecule has 110 valence electrons. The predicted molar refractivity (Wildman–Crippen MR) is 83.5 cm³/mol. The van der Waals surface area contributed by atoms with Crippen molar-refractivity contribution in [3.63, 3.8) is 0 Å². The van der Waals surface area contributed by atoms with Crippen LogP contribution in [0.25, 0.3) is 0 Å². The van der Waals surface area contributed by atoms with Gasteiger partial charge in [0.2, 0.25) is 0 Å². The van der Waals surface area contributed by atoms with Gasteiger partial charge in [0.1, 0.15) is 5.69 Å². The molecule has 2 heterocycles. The molecule has 1 aliphatic heterocycles. The first kappa shape index (κ1) is 13.7. The van der Waals surface area contributed by atoms with Crippen molar-refractivity contribution in [2.75, 3.05) is 17.2 Å². The number of amides is 1. The number of aromatic nitrogens is 2. The van der Waals surface area contributed by atoms with Crippen molar-refractivity contribution < 1.29 is 4.79 Å². The smallest absolute Gasteiger partial charge is 0.276 e. The van der Waals surface area contributed by atoms with Crippen molar-refractivity contribution in [1.29, 1.82) is 0 Å². The Labute approximate surface area is 124 Å². The third kappa shape index (κ3) is 2.18. The highest BCUT2D eigenvalue weighted by molar-refractivity contribution is 6.08. The van der Waals surface area contributed by atoms with Crippen LogP contribution in [0.2, 0.25) is 0 Å². The van der Waals surface area contributed by atoms with Crippen LogP contribution < -0.4 is 10.6 Å². The lowest BCUT2D eigenvalue weighted by atomic mass is 10.1. The number of hydrogen-bond donors (Lipinski definition) is 1. The molecule has 5 heteroatoms. The third-order valence-corrected chi connectivity index (χ3v) is 3.98. The number of nitrogens with zero attached hydrogens (tertiary/aromatic N) is 3. The quantitative estimate of drug-likeness (QED) is 0.879. The van der Waals surface area contributed by atoms with Crippen LogP contribution in [-0.2, 0) is 19.4 Å². The number of nitrogens with two attached hydrogens (primary N) is 1. The number of carbonyl (C=O) groups is 1. The van der Waals surface area contributed by atoms with Gasteiger partial charge in [0, 0.05) is 13.1 Å². The first-order valence-corrected chi connectivity index (χ1v) is 7.41. The maximum atomic E-state index is 12.9. The van der Waals surface area contributed by atoms with Gasteiger partial charge in [0.25, 0.3) is 5.91 Å². The maximum absolute atomic E-state index is 12.9. The van der Waals surface area contributed by atoms with E-state index in [0.29, 0.717) is 24.5 Å². The number of rotatable bonds is 3. The summed E-state index contributed by atoms with van der Waals surface area (Å²) in [6.07, 6.45) is 1.68. The monoisotopic (exact) mass is 284 g/mol. The summed E-state index contributed by atoms with van der Waals surface area (Å²) in [5.74, 6) is -0.0132. The zero-order valence-corrected chi connectivity index (χ0v) is 12.5. The van der Waals surface area contributed by atoms with Crippen LogP contribution in [-0.4, -0.2) is 22.2 Å². The van der Waals surface area contributed by atoms with Crippen LogP contribution in [0.4, 0.5) is 11.4 Å². The summed E-state index contributed by atoms with van der Waals surface area (Å²) >= 11 is 0. The molecule has 1 amide bonds. The standard InChI is InChI=1S/C16H20N4O/c1-3-12-10-14(20(4-2)18-12)16(21)19-9-8-11-6-5-7-13(17)15(11)19/h5-7,10H,3-4,8-9,17H2,1-2H3. The molecule has 0 aliphatic carbocycles. The van der Waals surface area contributed by atoms with Gasteiger partial charge in [-0.1, -0.05) is 19.1 Å². The highest BCUT2D eigenvalue weighted by atomic mass is 16.2. The Morgan fingerprint density at radius 2 is 2.19 bits per heavy atom. The number of aryl methyl sites for hydroxylation is 2. The van der Waals surface area contributed by atoms with Crippen LogP contribution in [0.5, 0.6) is 0 Å². The average Bonchev–Trinajstić information content (AvgIpc) is 3.11. The van der Waals surface area contributed by atoms with E-state index in [1.54, 1.807) is 9.58 Å². The molecule has 0 fully saturated rings. The predicted octanol–water partition coefficient (Wildman–Crippen LogP) is 2.25. The minimum Gasteiger partial charge on any atom is -0.397 e. The Morgan fingerprint density at radius 1 is 1.38 bits per heavy atom. The number of anilines is 2. The molecule has 1 aromatic carbocycles. The topological polar surface area (TPSA) is 64.2 Å². The second-order valence-electron chi connectivity index (χ2n) is 5.25. The van der Waals surface area contributed by atoms with Gasteiger partial charge in [0.05, 0.1) is 17.1 Å². The van der Waals surface area contributed by atoms with Crippen molar-refractivity contribution >= 4 is 17.3 Å². The Morgan fingerprint density at radius 3 is 2.90 bits per heavy atom. The van der Waals surface area contributed by atoms with Gasteiger partial charge in [-0.2, -0.15) is 5.10 Å². The normalized spacial score (nSPS) is 13.5. The number of nitrogen functional groups attached to an aromatic ring is 1. The first-order valence-electron chi connectivity index (χ1n) is 7.41. The second kappa shape index (κ2) is 5.24. The van der Waals surface area contributed by atoms with Gasteiger partial charge in [-0.05, 0) is 37.5 Å². The molecule has 1 aromatic heterocycles. The van der Waals surface area contributed by atoms with E-state index in [4.69, 9.17) is 5.73 Å². The van der Waals surface area contributed by atoms with Crippen molar-refractivity contribution in [2.45, 2.75) is 33.2 Å². The largest absolute Gasteiger partial charge is 0.397 e. The molecule has 0 bridgehead atoms. The highest BCUT2D eigenvalue weighted by Gasteiger charge is 2.29. The van der Waals surface area contributed by atoms with Crippen molar-refractivity contribution in [2.24, 2.45) is 0 Å². The third-order valence-electron chi connectivity index (χ3n) is 3.98. The molecule has 5 nitrogen and oxygen atoms in total. The summed E-state index contributed by atoms with van der Waals surface area (Å²) < 4.78 is 1.78. The Bertz CT molecular complexity index is 690. The Balaban J connectivity index is 2.00. The van der Waals surface area contributed by atoms with Gasteiger partial charge in [0.15, 0.2) is 0 Å². The number of hydrogen-bond acceptors (Lipinski definition) is 3. The molecule has 0 saturated carbocycles. The summed E-state index contributed by atoms with van der Waals surface area (Å²) in [7, 11) is 0. The lowest BCUT2D eigenvalue weighted by molar-refractivity contribution is 0.0979. The number of benzene rings is 1. The number of para-hydroxylation sites is 1. The van der Waals surface area contributed by atoms with Crippen molar-refractivity contribution in [3.8, 4) is 0 Å². The van der Waals surface area contributed by atoms with Gasteiger partial charge in [-0.3, -0.25) is 9.48 Å². The van der Waals surface area contributed by atoms with E-state index < -0.39 is 0 Å². The van der Waals surface area contributed by atoms with Crippen LogP contribution in [0.15, 0.2) is 24.3 Å². The van der Waals surface area contributed by atoms with E-state index in [9.17, 15) is 4.79 Å². The van der Waals surface area contributed by atoms with E-state index >= 15 is 0 Å². The molecular formula is C16H20N4O. The van der Waals surface area contributed by atoms with Gasteiger partial charge >= 0.3 is 0 Å². The fraction of sp³-hybridized carbons (Fsp3) is 0.375. The average molecular weight is 284 g/mol. The molecule has 2 aromatic rings. The molecular weight excluding hydrogens is 264 g/mol. The molecule has 21 heavy (non-hydrogen) atoms. The second-order valence-corrected chi connectivity index (χ2v) is 5.25. The van der Waals surface area contributed by atoms with Crippen molar-refractivity contribution in [1.82, 2.24) is 9.78 Å². The van der Waals surface area contributed by atoms with E-state index in [-0.39, 0.29) is 5.91 Å². The Hall–Kier alpha value is -2.30. The van der Waals surface area contributed by atoms with Gasteiger partial charge in [-0.15, -0.1) is 0 Å². The molecule has 1 aliphatic rings. The summed E-state index contributed by atoms with van der Waals surface area (Å²) in [5, 5.41) is 4.46.